The Kier molecular flexibility index (Phi) is 3.62. The van der Waals surface area contributed by atoms with Crippen molar-refractivity contribution < 1.29 is 4.79 Å². The number of amides is 1. The molecule has 2 aromatic heterocycles. The Morgan fingerprint density at radius 3 is 2.88 bits per heavy atom. The lowest BCUT2D eigenvalue weighted by Gasteiger charge is -2.03. The minimum Gasteiger partial charge on any atom is -0.325 e. The second-order valence-corrected chi connectivity index (χ2v) is 8.45. The molecule has 6 heteroatoms. The third kappa shape index (κ3) is 2.62. The average Bonchev–Trinajstić information content (AvgIpc) is 3.33. The summed E-state index contributed by atoms with van der Waals surface area (Å²) in [6.07, 6.45) is 0.755. The monoisotopic (exact) mass is 377 g/mol. The Bertz CT molecular complexity index is 1110. The number of hydrogen-bond acceptors (Lipinski definition) is 5. The van der Waals surface area contributed by atoms with Crippen LogP contribution < -0.4 is 5.32 Å². The Morgan fingerprint density at radius 2 is 2.00 bits per heavy atom. The minimum absolute atomic E-state index is 0.0620. The van der Waals surface area contributed by atoms with Crippen LogP contribution in [0.25, 0.3) is 21.5 Å². The molecule has 0 saturated carbocycles. The number of thiazole rings is 2. The molecule has 0 saturated heterocycles. The van der Waals surface area contributed by atoms with E-state index >= 15 is 0 Å². The van der Waals surface area contributed by atoms with Gasteiger partial charge in [-0.2, -0.15) is 0 Å². The van der Waals surface area contributed by atoms with Crippen molar-refractivity contribution in [2.24, 2.45) is 0 Å². The van der Waals surface area contributed by atoms with Crippen LogP contribution in [0.4, 0.5) is 5.69 Å². The van der Waals surface area contributed by atoms with E-state index in [-0.39, 0.29) is 11.8 Å². The largest absolute Gasteiger partial charge is 0.325 e. The van der Waals surface area contributed by atoms with E-state index in [2.05, 4.69) is 22.8 Å². The number of hydrogen-bond donors (Lipinski definition) is 1. The van der Waals surface area contributed by atoms with Gasteiger partial charge in [-0.15, -0.1) is 22.7 Å². The zero-order valence-corrected chi connectivity index (χ0v) is 15.7. The van der Waals surface area contributed by atoms with Gasteiger partial charge in [0.05, 0.1) is 28.2 Å². The van der Waals surface area contributed by atoms with E-state index in [9.17, 15) is 4.79 Å². The maximum Gasteiger partial charge on any atom is 0.231 e. The predicted molar refractivity (Wildman–Crippen MR) is 107 cm³/mol. The summed E-state index contributed by atoms with van der Waals surface area (Å²) in [7, 11) is 0. The maximum atomic E-state index is 11.8. The molecule has 5 rings (SSSR count). The zero-order valence-electron chi connectivity index (χ0n) is 14.0. The molecule has 1 unspecified atom stereocenters. The van der Waals surface area contributed by atoms with Crippen LogP contribution in [0.1, 0.15) is 28.4 Å². The Balaban J connectivity index is 1.43. The van der Waals surface area contributed by atoms with E-state index in [1.807, 2.05) is 37.3 Å². The Morgan fingerprint density at radius 1 is 1.12 bits per heavy atom. The number of para-hydroxylation sites is 1. The van der Waals surface area contributed by atoms with E-state index < -0.39 is 0 Å². The SMILES string of the molecule is CC1C(=O)Nc2ccc(-c3csc(Cc4nc5ccccc5s4)n3)cc21. The molecule has 1 amide bonds. The highest BCUT2D eigenvalue weighted by Gasteiger charge is 2.26. The van der Waals surface area contributed by atoms with Crippen LogP contribution in [0.2, 0.25) is 0 Å². The summed E-state index contributed by atoms with van der Waals surface area (Å²) in [4.78, 5) is 21.3. The molecular formula is C20H15N3OS2. The van der Waals surface area contributed by atoms with Gasteiger partial charge in [-0.05, 0) is 36.8 Å². The third-order valence-corrected chi connectivity index (χ3v) is 6.54. The van der Waals surface area contributed by atoms with Gasteiger partial charge in [-0.1, -0.05) is 18.2 Å². The summed E-state index contributed by atoms with van der Waals surface area (Å²) >= 11 is 3.38. The fourth-order valence-electron chi connectivity index (χ4n) is 3.23. The summed E-state index contributed by atoms with van der Waals surface area (Å²) in [6.45, 7) is 1.94. The zero-order chi connectivity index (χ0) is 17.7. The Labute approximate surface area is 158 Å². The van der Waals surface area contributed by atoms with Crippen molar-refractivity contribution in [3.63, 3.8) is 0 Å². The number of benzene rings is 2. The fourth-order valence-corrected chi connectivity index (χ4v) is 5.10. The first-order chi connectivity index (χ1) is 12.7. The topological polar surface area (TPSA) is 54.9 Å². The summed E-state index contributed by atoms with van der Waals surface area (Å²) in [5.74, 6) is -0.0437. The van der Waals surface area contributed by atoms with E-state index in [0.29, 0.717) is 0 Å². The van der Waals surface area contributed by atoms with E-state index in [1.165, 1.54) is 4.70 Å². The van der Waals surface area contributed by atoms with Gasteiger partial charge in [0.15, 0.2) is 0 Å². The highest BCUT2D eigenvalue weighted by molar-refractivity contribution is 7.18. The van der Waals surface area contributed by atoms with Crippen LogP contribution >= 0.6 is 22.7 Å². The van der Waals surface area contributed by atoms with Gasteiger partial charge in [-0.3, -0.25) is 4.79 Å². The third-order valence-electron chi connectivity index (χ3n) is 4.66. The van der Waals surface area contributed by atoms with Crippen LogP contribution in [0.3, 0.4) is 0 Å². The van der Waals surface area contributed by atoms with Crippen LogP contribution in [0, 0.1) is 0 Å². The van der Waals surface area contributed by atoms with Crippen LogP contribution in [0.5, 0.6) is 0 Å². The summed E-state index contributed by atoms with van der Waals surface area (Å²) in [6, 6.07) is 14.3. The van der Waals surface area contributed by atoms with E-state index in [4.69, 9.17) is 9.97 Å². The second kappa shape index (κ2) is 6.00. The normalized spacial score (nSPS) is 16.0. The number of carbonyl (C=O) groups is 1. The number of nitrogens with one attached hydrogen (secondary N) is 1. The molecule has 1 atom stereocenters. The summed E-state index contributed by atoms with van der Waals surface area (Å²) in [5, 5.41) is 7.14. The van der Waals surface area contributed by atoms with Gasteiger partial charge >= 0.3 is 0 Å². The molecule has 0 aliphatic carbocycles. The lowest BCUT2D eigenvalue weighted by molar-refractivity contribution is -0.116. The number of carbonyl (C=O) groups excluding carboxylic acids is 1. The highest BCUT2D eigenvalue weighted by Crippen LogP contribution is 2.36. The molecule has 1 aliphatic rings. The van der Waals surface area contributed by atoms with Crippen LogP contribution in [-0.2, 0) is 11.2 Å². The lowest BCUT2D eigenvalue weighted by atomic mass is 10.00. The smallest absolute Gasteiger partial charge is 0.231 e. The molecule has 0 bridgehead atoms. The van der Waals surface area contributed by atoms with Gasteiger partial charge in [0.2, 0.25) is 5.91 Å². The average molecular weight is 377 g/mol. The molecule has 3 heterocycles. The number of nitrogens with zero attached hydrogens (tertiary/aromatic N) is 2. The predicted octanol–water partition coefficient (Wildman–Crippen LogP) is 5.07. The number of aromatic nitrogens is 2. The lowest BCUT2D eigenvalue weighted by Crippen LogP contribution is -2.08. The number of fused-ring (bicyclic) bond motifs is 2. The van der Waals surface area contributed by atoms with E-state index in [1.54, 1.807) is 22.7 Å². The first kappa shape index (κ1) is 15.7. The molecule has 0 fully saturated rings. The van der Waals surface area contributed by atoms with Crippen molar-refractivity contribution in [2.75, 3.05) is 5.32 Å². The van der Waals surface area contributed by atoms with Crippen molar-refractivity contribution in [3.05, 3.63) is 63.4 Å². The fraction of sp³-hybridized carbons (Fsp3) is 0.150. The van der Waals surface area contributed by atoms with E-state index in [0.717, 1.165) is 44.5 Å². The molecule has 128 valence electrons. The van der Waals surface area contributed by atoms with Gasteiger partial charge in [0, 0.05) is 16.6 Å². The molecule has 1 N–H and O–H groups in total. The number of rotatable bonds is 3. The first-order valence-corrected chi connectivity index (χ1v) is 10.1. The van der Waals surface area contributed by atoms with Crippen molar-refractivity contribution in [1.29, 1.82) is 0 Å². The Hall–Kier alpha value is -2.57. The summed E-state index contributed by atoms with van der Waals surface area (Å²) in [5.41, 5.74) is 5.03. The quantitative estimate of drug-likeness (QED) is 0.542. The summed E-state index contributed by atoms with van der Waals surface area (Å²) < 4.78 is 1.21. The molecule has 4 nitrogen and oxygen atoms in total. The van der Waals surface area contributed by atoms with Crippen molar-refractivity contribution in [1.82, 2.24) is 9.97 Å². The van der Waals surface area contributed by atoms with Gasteiger partial charge < -0.3 is 5.32 Å². The van der Waals surface area contributed by atoms with Crippen molar-refractivity contribution in [2.45, 2.75) is 19.3 Å². The van der Waals surface area contributed by atoms with Crippen molar-refractivity contribution in [3.8, 4) is 11.3 Å². The molecular weight excluding hydrogens is 362 g/mol. The molecule has 0 spiro atoms. The molecule has 1 aliphatic heterocycles. The maximum absolute atomic E-state index is 11.8. The first-order valence-electron chi connectivity index (χ1n) is 8.41. The number of anilines is 1. The second-order valence-electron chi connectivity index (χ2n) is 6.39. The molecule has 26 heavy (non-hydrogen) atoms. The molecule has 2 aromatic carbocycles. The van der Waals surface area contributed by atoms with Gasteiger partial charge in [0.25, 0.3) is 0 Å². The molecule has 4 aromatic rings. The van der Waals surface area contributed by atoms with Gasteiger partial charge in [0.1, 0.15) is 10.0 Å². The minimum atomic E-state index is -0.106. The van der Waals surface area contributed by atoms with Crippen LogP contribution in [-0.4, -0.2) is 15.9 Å². The van der Waals surface area contributed by atoms with Crippen molar-refractivity contribution >= 4 is 44.5 Å². The van der Waals surface area contributed by atoms with Gasteiger partial charge in [-0.25, -0.2) is 9.97 Å². The van der Waals surface area contributed by atoms with Crippen LogP contribution in [0.15, 0.2) is 47.8 Å². The highest BCUT2D eigenvalue weighted by atomic mass is 32.1. The standard InChI is InChI=1S/C20H15N3OS2/c1-11-13-8-12(6-7-14(13)23-20(11)24)16-10-25-18(22-16)9-19-21-15-4-2-3-5-17(15)26-19/h2-8,10-11H,9H2,1H3,(H,23,24). The molecule has 0 radical (unpaired) electrons.